The lowest BCUT2D eigenvalue weighted by molar-refractivity contribution is 0.0529. The van der Waals surface area contributed by atoms with Crippen molar-refractivity contribution in [2.45, 2.75) is 46.1 Å². The first-order valence-corrected chi connectivity index (χ1v) is 7.29. The predicted molar refractivity (Wildman–Crippen MR) is 96.1 cm³/mol. The van der Waals surface area contributed by atoms with Crippen molar-refractivity contribution in [3.8, 4) is 0 Å². The maximum absolute atomic E-state index is 11.4. The van der Waals surface area contributed by atoms with Gasteiger partial charge in [-0.05, 0) is 39.5 Å². The third-order valence-corrected chi connectivity index (χ3v) is 3.16. The minimum atomic E-state index is -0.475. The number of carbonyl (C=O) groups is 1. The summed E-state index contributed by atoms with van der Waals surface area (Å²) >= 11 is 0. The molecule has 6 nitrogen and oxygen atoms in total. The highest BCUT2D eigenvalue weighted by atomic mass is 127. The molecule has 3 N–H and O–H groups in total. The number of amides is 1. The third kappa shape index (κ3) is 9.00. The number of nitrogens with two attached hydrogens (primary N) is 1. The Bertz CT molecular complexity index is 347. The third-order valence-electron chi connectivity index (χ3n) is 3.16. The summed E-state index contributed by atoms with van der Waals surface area (Å²) in [5, 5.41) is 2.66. The molecule has 124 valence electrons. The number of rotatable bonds is 3. The molecule has 0 aromatic carbocycles. The van der Waals surface area contributed by atoms with Crippen LogP contribution in [0.2, 0.25) is 0 Å². The number of nitrogens with zero attached hydrogens (tertiary/aromatic N) is 2. The zero-order valence-corrected chi connectivity index (χ0v) is 15.8. The van der Waals surface area contributed by atoms with E-state index in [0.29, 0.717) is 19.0 Å². The average Bonchev–Trinajstić information content (AvgIpc) is 2.33. The fourth-order valence-corrected chi connectivity index (χ4v) is 1.98. The van der Waals surface area contributed by atoms with Gasteiger partial charge in [-0.25, -0.2) is 4.79 Å². The Balaban J connectivity index is 0.00000400. The molecule has 1 aliphatic rings. The Morgan fingerprint density at radius 1 is 1.38 bits per heavy atom. The largest absolute Gasteiger partial charge is 0.444 e. The molecule has 1 saturated heterocycles. The molecule has 1 heterocycles. The smallest absolute Gasteiger partial charge is 0.407 e. The van der Waals surface area contributed by atoms with Crippen molar-refractivity contribution in [2.75, 3.05) is 26.2 Å². The van der Waals surface area contributed by atoms with Gasteiger partial charge in [0.2, 0.25) is 0 Å². The van der Waals surface area contributed by atoms with Crippen LogP contribution in [0.1, 0.15) is 40.5 Å². The molecule has 1 rings (SSSR count). The first-order valence-electron chi connectivity index (χ1n) is 7.29. The van der Waals surface area contributed by atoms with Crippen molar-refractivity contribution >= 4 is 36.0 Å². The maximum atomic E-state index is 11.4. The second kappa shape index (κ2) is 9.32. The number of aliphatic imine (C=N–C) groups is 1. The molecule has 0 bridgehead atoms. The maximum Gasteiger partial charge on any atom is 0.407 e. The Morgan fingerprint density at radius 2 is 1.95 bits per heavy atom. The molecule has 1 aliphatic heterocycles. The molecule has 0 aliphatic carbocycles. The summed E-state index contributed by atoms with van der Waals surface area (Å²) in [5.74, 6) is 1.34. The highest BCUT2D eigenvalue weighted by molar-refractivity contribution is 14.0. The van der Waals surface area contributed by atoms with E-state index in [-0.39, 0.29) is 24.0 Å². The molecule has 0 spiro atoms. The molecular weight excluding hydrogens is 383 g/mol. The van der Waals surface area contributed by atoms with Crippen LogP contribution >= 0.6 is 24.0 Å². The second-order valence-corrected chi connectivity index (χ2v) is 6.34. The van der Waals surface area contributed by atoms with Gasteiger partial charge in [-0.3, -0.25) is 4.99 Å². The van der Waals surface area contributed by atoms with Crippen molar-refractivity contribution in [3.63, 3.8) is 0 Å². The summed E-state index contributed by atoms with van der Waals surface area (Å²) in [6, 6.07) is 0. The molecule has 0 radical (unpaired) electrons. The zero-order chi connectivity index (χ0) is 15.2. The number of hydrogen-bond donors (Lipinski definition) is 2. The quantitative estimate of drug-likeness (QED) is 0.322. The monoisotopic (exact) mass is 412 g/mol. The van der Waals surface area contributed by atoms with E-state index in [2.05, 4.69) is 22.1 Å². The molecule has 0 aromatic heterocycles. The minimum absolute atomic E-state index is 0. The Labute approximate surface area is 144 Å². The molecule has 1 amide bonds. The van der Waals surface area contributed by atoms with Gasteiger partial charge in [0.1, 0.15) is 5.60 Å². The average molecular weight is 412 g/mol. The van der Waals surface area contributed by atoms with E-state index in [9.17, 15) is 4.79 Å². The number of hydrogen-bond acceptors (Lipinski definition) is 3. The summed E-state index contributed by atoms with van der Waals surface area (Å²) in [5.41, 5.74) is 5.47. The van der Waals surface area contributed by atoms with Crippen LogP contribution in [-0.2, 0) is 4.74 Å². The lowest BCUT2D eigenvalue weighted by Gasteiger charge is -2.31. The Kier molecular flexibility index (Phi) is 9.00. The molecule has 0 aromatic rings. The number of halogens is 1. The number of likely N-dealkylation sites (tertiary alicyclic amines) is 1. The van der Waals surface area contributed by atoms with Gasteiger partial charge in [0, 0.05) is 19.6 Å². The fraction of sp³-hybridized carbons (Fsp3) is 0.857. The number of nitrogens with one attached hydrogen (secondary N) is 1. The number of piperidine rings is 1. The van der Waals surface area contributed by atoms with Crippen molar-refractivity contribution < 1.29 is 9.53 Å². The molecule has 1 fully saturated rings. The topological polar surface area (TPSA) is 80.0 Å². The molecule has 0 saturated carbocycles. The van der Waals surface area contributed by atoms with E-state index >= 15 is 0 Å². The van der Waals surface area contributed by atoms with Gasteiger partial charge < -0.3 is 20.7 Å². The van der Waals surface area contributed by atoms with Crippen LogP contribution in [0.3, 0.4) is 0 Å². The summed E-state index contributed by atoms with van der Waals surface area (Å²) in [6.07, 6.45) is 1.90. The molecule has 7 heteroatoms. The van der Waals surface area contributed by atoms with Crippen LogP contribution in [0.5, 0.6) is 0 Å². The van der Waals surface area contributed by atoms with Crippen molar-refractivity contribution in [3.05, 3.63) is 0 Å². The van der Waals surface area contributed by atoms with Gasteiger partial charge in [0.25, 0.3) is 0 Å². The Hall–Kier alpha value is -0.730. The van der Waals surface area contributed by atoms with Crippen LogP contribution in [0, 0.1) is 5.92 Å². The van der Waals surface area contributed by atoms with Crippen LogP contribution in [0.4, 0.5) is 4.79 Å². The highest BCUT2D eigenvalue weighted by Crippen LogP contribution is 2.15. The fourth-order valence-electron chi connectivity index (χ4n) is 1.98. The van der Waals surface area contributed by atoms with Gasteiger partial charge in [-0.15, -0.1) is 24.0 Å². The normalized spacial score (nSPS) is 17.1. The van der Waals surface area contributed by atoms with Gasteiger partial charge in [-0.1, -0.05) is 6.92 Å². The zero-order valence-electron chi connectivity index (χ0n) is 13.5. The predicted octanol–water partition coefficient (Wildman–Crippen LogP) is 2.18. The molecule has 0 unspecified atom stereocenters. The SMILES string of the molecule is CC1CCN(C(N)=NCCNC(=O)OC(C)(C)C)CC1.I. The van der Waals surface area contributed by atoms with Gasteiger partial charge in [-0.2, -0.15) is 0 Å². The van der Waals surface area contributed by atoms with Crippen molar-refractivity contribution in [2.24, 2.45) is 16.6 Å². The second-order valence-electron chi connectivity index (χ2n) is 6.34. The Morgan fingerprint density at radius 3 is 2.48 bits per heavy atom. The number of alkyl carbamates (subject to hydrolysis) is 1. The van der Waals surface area contributed by atoms with Crippen molar-refractivity contribution in [1.29, 1.82) is 0 Å². The van der Waals surface area contributed by atoms with Crippen LogP contribution in [0.25, 0.3) is 0 Å². The minimum Gasteiger partial charge on any atom is -0.444 e. The van der Waals surface area contributed by atoms with Crippen molar-refractivity contribution in [1.82, 2.24) is 10.2 Å². The lowest BCUT2D eigenvalue weighted by atomic mass is 10.00. The molecular formula is C14H29IN4O2. The van der Waals surface area contributed by atoms with Gasteiger partial charge in [0.05, 0.1) is 6.54 Å². The van der Waals surface area contributed by atoms with E-state index < -0.39 is 11.7 Å². The van der Waals surface area contributed by atoms with Gasteiger partial charge >= 0.3 is 6.09 Å². The van der Waals surface area contributed by atoms with Crippen LogP contribution in [0.15, 0.2) is 4.99 Å². The van der Waals surface area contributed by atoms with E-state index in [1.807, 2.05) is 20.8 Å². The molecule has 21 heavy (non-hydrogen) atoms. The van der Waals surface area contributed by atoms with E-state index in [0.717, 1.165) is 31.8 Å². The van der Waals surface area contributed by atoms with E-state index in [4.69, 9.17) is 10.5 Å². The lowest BCUT2D eigenvalue weighted by Crippen LogP contribution is -2.43. The first kappa shape index (κ1) is 20.3. The summed E-state index contributed by atoms with van der Waals surface area (Å²) in [4.78, 5) is 17.8. The first-order chi connectivity index (χ1) is 9.28. The number of carbonyl (C=O) groups excluding carboxylic acids is 1. The summed E-state index contributed by atoms with van der Waals surface area (Å²) < 4.78 is 5.13. The molecule has 0 atom stereocenters. The number of ether oxygens (including phenoxy) is 1. The van der Waals surface area contributed by atoms with Crippen LogP contribution in [-0.4, -0.2) is 48.7 Å². The standard InChI is InChI=1S/C14H28N4O2.HI/c1-11-5-9-18(10-6-11)12(15)16-7-8-17-13(19)20-14(2,3)4;/h11H,5-10H2,1-4H3,(H2,15,16)(H,17,19);1H. The van der Waals surface area contributed by atoms with E-state index in [1.165, 1.54) is 0 Å². The van der Waals surface area contributed by atoms with Gasteiger partial charge in [0.15, 0.2) is 5.96 Å². The van der Waals surface area contributed by atoms with E-state index in [1.54, 1.807) is 0 Å². The summed E-state index contributed by atoms with van der Waals surface area (Å²) in [6.45, 7) is 10.6. The highest BCUT2D eigenvalue weighted by Gasteiger charge is 2.17. The summed E-state index contributed by atoms with van der Waals surface area (Å²) in [7, 11) is 0. The van der Waals surface area contributed by atoms with Crippen LogP contribution < -0.4 is 11.1 Å². The number of guanidine groups is 1.